The van der Waals surface area contributed by atoms with E-state index >= 15 is 0 Å². The van der Waals surface area contributed by atoms with Crippen molar-refractivity contribution >= 4 is 45.7 Å². The van der Waals surface area contributed by atoms with Gasteiger partial charge in [-0.05, 0) is 40.5 Å². The van der Waals surface area contributed by atoms with Crippen molar-refractivity contribution in [3.05, 3.63) is 52.6 Å². The van der Waals surface area contributed by atoms with Crippen molar-refractivity contribution in [1.29, 1.82) is 0 Å². The van der Waals surface area contributed by atoms with E-state index in [9.17, 15) is 29.4 Å². The molecule has 30 heavy (non-hydrogen) atoms. The van der Waals surface area contributed by atoms with E-state index in [4.69, 9.17) is 10.2 Å². The largest absolute Gasteiger partial charge is 0.481 e. The fraction of sp³-hybridized carbons (Fsp3) is 0.190. The Bertz CT molecular complexity index is 1120. The Labute approximate surface area is 169 Å². The summed E-state index contributed by atoms with van der Waals surface area (Å²) in [6.45, 7) is 0. The summed E-state index contributed by atoms with van der Waals surface area (Å²) in [6, 6.07) is 7.69. The van der Waals surface area contributed by atoms with E-state index in [1.807, 2.05) is 0 Å². The van der Waals surface area contributed by atoms with E-state index in [1.54, 1.807) is 6.07 Å². The van der Waals surface area contributed by atoms with Crippen LogP contribution in [-0.2, 0) is 44.9 Å². The second-order valence-electron chi connectivity index (χ2n) is 6.91. The van der Waals surface area contributed by atoms with Crippen molar-refractivity contribution in [1.82, 2.24) is 4.98 Å². The van der Waals surface area contributed by atoms with Gasteiger partial charge in [0.2, 0.25) is 0 Å². The molecule has 0 aliphatic rings. The van der Waals surface area contributed by atoms with Crippen LogP contribution in [0, 0.1) is 0 Å². The normalized spacial score (nSPS) is 10.9. The van der Waals surface area contributed by atoms with Gasteiger partial charge in [-0.3, -0.25) is 19.2 Å². The number of carbonyl (C=O) groups is 4. The van der Waals surface area contributed by atoms with Gasteiger partial charge in [0.1, 0.15) is 0 Å². The van der Waals surface area contributed by atoms with E-state index in [-0.39, 0.29) is 25.7 Å². The van der Waals surface area contributed by atoms with Crippen molar-refractivity contribution in [3.63, 3.8) is 0 Å². The van der Waals surface area contributed by atoms with Gasteiger partial charge in [0.25, 0.3) is 0 Å². The lowest BCUT2D eigenvalue weighted by Crippen LogP contribution is -2.07. The number of pyridine rings is 1. The lowest BCUT2D eigenvalue weighted by Gasteiger charge is -2.12. The highest BCUT2D eigenvalue weighted by molar-refractivity contribution is 5.99. The fourth-order valence-corrected chi connectivity index (χ4v) is 3.49. The second kappa shape index (κ2) is 8.16. The number of hydrogen-bond acceptors (Lipinski definition) is 5. The third-order valence-corrected chi connectivity index (χ3v) is 4.53. The van der Waals surface area contributed by atoms with Crippen LogP contribution in [0.2, 0.25) is 0 Å². The molecule has 9 nitrogen and oxygen atoms in total. The summed E-state index contributed by atoms with van der Waals surface area (Å²) in [5, 5.41) is 37.6. The Kier molecular flexibility index (Phi) is 5.63. The molecular weight excluding hydrogens is 394 g/mol. The molecule has 154 valence electrons. The van der Waals surface area contributed by atoms with Crippen LogP contribution in [0.15, 0.2) is 30.3 Å². The van der Waals surface area contributed by atoms with Gasteiger partial charge in [-0.2, -0.15) is 0 Å². The maximum atomic E-state index is 11.3. The van der Waals surface area contributed by atoms with Crippen molar-refractivity contribution in [2.24, 2.45) is 0 Å². The summed E-state index contributed by atoms with van der Waals surface area (Å²) in [6.07, 6.45) is -1.35. The maximum Gasteiger partial charge on any atom is 0.307 e. The van der Waals surface area contributed by atoms with E-state index in [0.717, 1.165) is 0 Å². The molecule has 0 aliphatic carbocycles. The summed E-state index contributed by atoms with van der Waals surface area (Å²) in [7, 11) is 0. The summed E-state index contributed by atoms with van der Waals surface area (Å²) >= 11 is 0. The van der Waals surface area contributed by atoms with E-state index in [2.05, 4.69) is 4.98 Å². The molecule has 3 rings (SSSR count). The number of aliphatic carboxylic acids is 4. The lowest BCUT2D eigenvalue weighted by molar-refractivity contribution is -0.137. The molecule has 4 N–H and O–H groups in total. The monoisotopic (exact) mass is 411 g/mol. The van der Waals surface area contributed by atoms with Gasteiger partial charge >= 0.3 is 23.9 Å². The number of nitrogens with zero attached hydrogens (tertiary/aromatic N) is 1. The first-order valence-corrected chi connectivity index (χ1v) is 8.87. The van der Waals surface area contributed by atoms with E-state index in [1.165, 1.54) is 24.3 Å². The summed E-state index contributed by atoms with van der Waals surface area (Å²) in [5.74, 6) is -4.37. The molecule has 9 heteroatoms. The van der Waals surface area contributed by atoms with Gasteiger partial charge in [-0.1, -0.05) is 12.1 Å². The average molecular weight is 411 g/mol. The summed E-state index contributed by atoms with van der Waals surface area (Å²) in [4.78, 5) is 49.3. The predicted octanol–water partition coefficient (Wildman–Crippen LogP) is 1.90. The molecule has 0 bridgehead atoms. The number of carboxylic acids is 4. The molecule has 0 amide bonds. The standard InChI is InChI=1S/C21H17NO8/c23-18(24)5-10-1-12(7-20(27)28)14-9-15-13(8-21(29)30)2-11(6-19(25)26)4-17(15)22-16(14)3-10/h1-4,9H,5-8H2,(H,23,24)(H,25,26)(H,27,28)(H,29,30). The Hall–Kier alpha value is -4.01. The van der Waals surface area contributed by atoms with Gasteiger partial charge in [-0.25, -0.2) is 4.98 Å². The van der Waals surface area contributed by atoms with Gasteiger partial charge in [0.15, 0.2) is 0 Å². The third kappa shape index (κ3) is 4.69. The van der Waals surface area contributed by atoms with Crippen LogP contribution in [0.25, 0.3) is 21.8 Å². The Morgan fingerprint density at radius 3 is 1.27 bits per heavy atom. The number of benzene rings is 2. The molecule has 0 radical (unpaired) electrons. The van der Waals surface area contributed by atoms with Crippen LogP contribution < -0.4 is 0 Å². The summed E-state index contributed by atoms with van der Waals surface area (Å²) < 4.78 is 0. The molecule has 0 aliphatic heterocycles. The second-order valence-corrected chi connectivity index (χ2v) is 6.91. The summed E-state index contributed by atoms with van der Waals surface area (Å²) in [5.41, 5.74) is 2.19. The Morgan fingerprint density at radius 1 is 0.567 bits per heavy atom. The van der Waals surface area contributed by atoms with Gasteiger partial charge < -0.3 is 20.4 Å². The molecular formula is C21H17NO8. The SMILES string of the molecule is O=C(O)Cc1cc(CC(=O)O)c2cc3c(CC(=O)O)cc(CC(=O)O)cc3nc2c1. The zero-order chi connectivity index (χ0) is 22.0. The molecule has 0 atom stereocenters. The van der Waals surface area contributed by atoms with Gasteiger partial charge in [0, 0.05) is 10.8 Å². The minimum absolute atomic E-state index is 0.314. The third-order valence-electron chi connectivity index (χ3n) is 4.53. The number of carboxylic acid groups (broad SMARTS) is 4. The number of fused-ring (bicyclic) bond motifs is 2. The first-order valence-electron chi connectivity index (χ1n) is 8.87. The minimum atomic E-state index is -1.11. The molecule has 0 spiro atoms. The lowest BCUT2D eigenvalue weighted by atomic mass is 9.95. The highest BCUT2D eigenvalue weighted by Crippen LogP contribution is 2.29. The fourth-order valence-electron chi connectivity index (χ4n) is 3.49. The number of rotatable bonds is 8. The highest BCUT2D eigenvalue weighted by Gasteiger charge is 2.16. The van der Waals surface area contributed by atoms with Crippen molar-refractivity contribution in [3.8, 4) is 0 Å². The highest BCUT2D eigenvalue weighted by atomic mass is 16.4. The Morgan fingerprint density at radius 2 is 0.933 bits per heavy atom. The van der Waals surface area contributed by atoms with Crippen molar-refractivity contribution < 1.29 is 39.6 Å². The molecule has 0 unspecified atom stereocenters. The first-order chi connectivity index (χ1) is 14.1. The number of hydrogen-bond donors (Lipinski definition) is 4. The van der Waals surface area contributed by atoms with Crippen molar-refractivity contribution in [2.75, 3.05) is 0 Å². The van der Waals surface area contributed by atoms with Crippen LogP contribution in [-0.4, -0.2) is 49.3 Å². The van der Waals surface area contributed by atoms with E-state index in [0.29, 0.717) is 44.1 Å². The number of aromatic nitrogens is 1. The Balaban J connectivity index is 2.32. The van der Waals surface area contributed by atoms with Crippen LogP contribution in [0.4, 0.5) is 0 Å². The zero-order valence-corrected chi connectivity index (χ0v) is 15.6. The molecule has 0 fully saturated rings. The van der Waals surface area contributed by atoms with E-state index < -0.39 is 23.9 Å². The molecule has 3 aromatic rings. The topological polar surface area (TPSA) is 162 Å². The molecule has 1 aromatic heterocycles. The smallest absolute Gasteiger partial charge is 0.307 e. The van der Waals surface area contributed by atoms with Crippen LogP contribution in [0.1, 0.15) is 22.3 Å². The average Bonchev–Trinajstić information content (AvgIpc) is 2.58. The van der Waals surface area contributed by atoms with Crippen LogP contribution >= 0.6 is 0 Å². The molecule has 2 aromatic carbocycles. The van der Waals surface area contributed by atoms with Gasteiger partial charge in [-0.15, -0.1) is 0 Å². The van der Waals surface area contributed by atoms with Crippen LogP contribution in [0.3, 0.4) is 0 Å². The molecule has 1 heterocycles. The quantitative estimate of drug-likeness (QED) is 0.405. The molecule has 0 saturated heterocycles. The first kappa shape index (κ1) is 20.7. The predicted molar refractivity (Wildman–Crippen MR) is 105 cm³/mol. The maximum absolute atomic E-state index is 11.3. The minimum Gasteiger partial charge on any atom is -0.481 e. The zero-order valence-electron chi connectivity index (χ0n) is 15.6. The van der Waals surface area contributed by atoms with Crippen LogP contribution in [0.5, 0.6) is 0 Å². The van der Waals surface area contributed by atoms with Gasteiger partial charge in [0.05, 0.1) is 36.7 Å². The van der Waals surface area contributed by atoms with Crippen molar-refractivity contribution in [2.45, 2.75) is 25.7 Å². The molecule has 0 saturated carbocycles.